The number of nitrogens with one attached hydrogen (secondary N) is 1. The van der Waals surface area contributed by atoms with Crippen LogP contribution in [0.15, 0.2) is 42.6 Å². The Morgan fingerprint density at radius 3 is 2.38 bits per heavy atom. The van der Waals surface area contributed by atoms with E-state index in [2.05, 4.69) is 10.3 Å². The zero-order valence-electron chi connectivity index (χ0n) is 17.1. The smallest absolute Gasteiger partial charge is 0.336 e. The fraction of sp³-hybridized carbons (Fsp3) is 0.261. The molecule has 6 nitrogen and oxygen atoms in total. The number of carbonyl (C=O) groups excluding carboxylic acids is 1. The standard InChI is InChI=1S/C23H25N3O3/c1-5-26(6-2)22(27)18-13-24-21(17-11-7-9-14(3)20(17)18)25-19-12-8-10-16(15(19)4)23(28)29/h7-13H,5-6H2,1-4H3,(H,24,25)(H,28,29). The number of carbonyl (C=O) groups is 2. The van der Waals surface area contributed by atoms with E-state index in [-0.39, 0.29) is 11.5 Å². The molecule has 0 saturated heterocycles. The van der Waals surface area contributed by atoms with Gasteiger partial charge >= 0.3 is 5.97 Å². The first-order valence-electron chi connectivity index (χ1n) is 9.66. The fourth-order valence-corrected chi connectivity index (χ4v) is 3.56. The van der Waals surface area contributed by atoms with Crippen molar-refractivity contribution in [2.24, 2.45) is 0 Å². The van der Waals surface area contributed by atoms with Gasteiger partial charge in [-0.3, -0.25) is 4.79 Å². The van der Waals surface area contributed by atoms with Crippen LogP contribution in [0.4, 0.5) is 11.5 Å². The van der Waals surface area contributed by atoms with Crippen LogP contribution in [0.1, 0.15) is 45.7 Å². The highest BCUT2D eigenvalue weighted by Gasteiger charge is 2.19. The number of hydrogen-bond acceptors (Lipinski definition) is 4. The predicted octanol–water partition coefficient (Wildman–Crippen LogP) is 4.78. The summed E-state index contributed by atoms with van der Waals surface area (Å²) in [6.45, 7) is 8.91. The highest BCUT2D eigenvalue weighted by molar-refractivity contribution is 6.10. The number of carboxylic acid groups (broad SMARTS) is 1. The van der Waals surface area contributed by atoms with Gasteiger partial charge in [-0.05, 0) is 51.0 Å². The number of pyridine rings is 1. The Labute approximate surface area is 170 Å². The van der Waals surface area contributed by atoms with Crippen LogP contribution in [-0.4, -0.2) is 40.0 Å². The number of aromatic carboxylic acids is 1. The Morgan fingerprint density at radius 2 is 1.72 bits per heavy atom. The number of aromatic nitrogens is 1. The summed E-state index contributed by atoms with van der Waals surface area (Å²) in [6.07, 6.45) is 1.61. The summed E-state index contributed by atoms with van der Waals surface area (Å²) in [6, 6.07) is 10.9. The van der Waals surface area contributed by atoms with Crippen LogP contribution < -0.4 is 5.32 Å². The largest absolute Gasteiger partial charge is 0.478 e. The van der Waals surface area contributed by atoms with E-state index in [9.17, 15) is 14.7 Å². The minimum atomic E-state index is -0.972. The third kappa shape index (κ3) is 3.78. The first-order chi connectivity index (χ1) is 13.9. The van der Waals surface area contributed by atoms with Crippen LogP contribution in [0.2, 0.25) is 0 Å². The van der Waals surface area contributed by atoms with E-state index < -0.39 is 5.97 Å². The van der Waals surface area contributed by atoms with Crippen LogP contribution in [0.5, 0.6) is 0 Å². The molecule has 0 aliphatic heterocycles. The Balaban J connectivity index is 2.14. The van der Waals surface area contributed by atoms with Crippen LogP contribution >= 0.6 is 0 Å². The number of carboxylic acids is 1. The molecular formula is C23H25N3O3. The molecule has 2 aromatic carbocycles. The van der Waals surface area contributed by atoms with Crippen molar-refractivity contribution in [2.45, 2.75) is 27.7 Å². The zero-order chi connectivity index (χ0) is 21.1. The second-order valence-corrected chi connectivity index (χ2v) is 6.90. The molecule has 0 atom stereocenters. The first kappa shape index (κ1) is 20.3. The van der Waals surface area contributed by atoms with Gasteiger partial charge in [0.2, 0.25) is 0 Å². The number of amides is 1. The minimum absolute atomic E-state index is 0.0441. The topological polar surface area (TPSA) is 82.5 Å². The van der Waals surface area contributed by atoms with Crippen LogP contribution in [-0.2, 0) is 0 Å². The Hall–Kier alpha value is -3.41. The predicted molar refractivity (Wildman–Crippen MR) is 115 cm³/mol. The molecule has 0 radical (unpaired) electrons. The number of nitrogens with zero attached hydrogens (tertiary/aromatic N) is 2. The molecule has 1 heterocycles. The number of aryl methyl sites for hydroxylation is 1. The van der Waals surface area contributed by atoms with Gasteiger partial charge < -0.3 is 15.3 Å². The van der Waals surface area contributed by atoms with Gasteiger partial charge in [-0.2, -0.15) is 0 Å². The lowest BCUT2D eigenvalue weighted by molar-refractivity contribution is 0.0695. The van der Waals surface area contributed by atoms with Crippen molar-refractivity contribution >= 4 is 34.2 Å². The molecule has 1 aromatic heterocycles. The number of fused-ring (bicyclic) bond motifs is 1. The molecule has 3 aromatic rings. The first-order valence-corrected chi connectivity index (χ1v) is 9.66. The quantitative estimate of drug-likeness (QED) is 0.632. The average molecular weight is 391 g/mol. The van der Waals surface area contributed by atoms with E-state index in [0.29, 0.717) is 35.7 Å². The highest BCUT2D eigenvalue weighted by atomic mass is 16.4. The van der Waals surface area contributed by atoms with Crippen molar-refractivity contribution in [3.8, 4) is 0 Å². The molecule has 6 heteroatoms. The minimum Gasteiger partial charge on any atom is -0.478 e. The third-order valence-electron chi connectivity index (χ3n) is 5.22. The van der Waals surface area contributed by atoms with Gasteiger partial charge in [0.15, 0.2) is 0 Å². The van der Waals surface area contributed by atoms with Crippen molar-refractivity contribution in [1.82, 2.24) is 9.88 Å². The maximum Gasteiger partial charge on any atom is 0.336 e. The molecule has 0 unspecified atom stereocenters. The molecule has 0 fully saturated rings. The highest BCUT2D eigenvalue weighted by Crippen LogP contribution is 2.31. The molecule has 1 amide bonds. The van der Waals surface area contributed by atoms with Crippen molar-refractivity contribution in [3.05, 3.63) is 64.8 Å². The molecular weight excluding hydrogens is 366 g/mol. The van der Waals surface area contributed by atoms with Gasteiger partial charge in [-0.15, -0.1) is 0 Å². The molecule has 150 valence electrons. The summed E-state index contributed by atoms with van der Waals surface area (Å²) in [5.74, 6) is -0.428. The van der Waals surface area contributed by atoms with Gasteiger partial charge in [0.1, 0.15) is 5.82 Å². The lowest BCUT2D eigenvalue weighted by Gasteiger charge is -2.21. The molecule has 29 heavy (non-hydrogen) atoms. The second-order valence-electron chi connectivity index (χ2n) is 6.90. The molecule has 0 spiro atoms. The Morgan fingerprint density at radius 1 is 1.03 bits per heavy atom. The average Bonchev–Trinajstić information content (AvgIpc) is 2.70. The van der Waals surface area contributed by atoms with Gasteiger partial charge in [0, 0.05) is 35.7 Å². The van der Waals surface area contributed by atoms with Crippen molar-refractivity contribution in [3.63, 3.8) is 0 Å². The van der Waals surface area contributed by atoms with Crippen molar-refractivity contribution < 1.29 is 14.7 Å². The van der Waals surface area contributed by atoms with E-state index in [0.717, 1.165) is 16.3 Å². The molecule has 0 bridgehead atoms. The maximum absolute atomic E-state index is 13.0. The molecule has 0 aliphatic rings. The number of anilines is 2. The number of rotatable bonds is 6. The molecule has 0 saturated carbocycles. The fourth-order valence-electron chi connectivity index (χ4n) is 3.56. The van der Waals surface area contributed by atoms with Crippen LogP contribution in [0.3, 0.4) is 0 Å². The van der Waals surface area contributed by atoms with E-state index in [1.807, 2.05) is 45.0 Å². The van der Waals surface area contributed by atoms with Gasteiger partial charge in [-0.1, -0.05) is 24.3 Å². The maximum atomic E-state index is 13.0. The Kier molecular flexibility index (Phi) is 5.82. The summed E-state index contributed by atoms with van der Waals surface area (Å²) in [4.78, 5) is 30.8. The van der Waals surface area contributed by atoms with E-state index in [4.69, 9.17) is 0 Å². The lowest BCUT2D eigenvalue weighted by atomic mass is 10.0. The summed E-state index contributed by atoms with van der Waals surface area (Å²) >= 11 is 0. The monoisotopic (exact) mass is 391 g/mol. The number of hydrogen-bond donors (Lipinski definition) is 2. The summed E-state index contributed by atoms with van der Waals surface area (Å²) in [5.41, 5.74) is 3.10. The molecule has 0 aliphatic carbocycles. The van der Waals surface area contributed by atoms with Gasteiger partial charge in [0.25, 0.3) is 5.91 Å². The van der Waals surface area contributed by atoms with Gasteiger partial charge in [-0.25, -0.2) is 9.78 Å². The SMILES string of the molecule is CCN(CC)C(=O)c1cnc(Nc2cccc(C(=O)O)c2C)c2cccc(C)c12. The number of benzene rings is 2. The zero-order valence-corrected chi connectivity index (χ0v) is 17.1. The van der Waals surface area contributed by atoms with Crippen LogP contribution in [0, 0.1) is 13.8 Å². The third-order valence-corrected chi connectivity index (χ3v) is 5.22. The van der Waals surface area contributed by atoms with E-state index >= 15 is 0 Å². The van der Waals surface area contributed by atoms with E-state index in [1.165, 1.54) is 0 Å². The van der Waals surface area contributed by atoms with Gasteiger partial charge in [0.05, 0.1) is 11.1 Å². The van der Waals surface area contributed by atoms with E-state index in [1.54, 1.807) is 30.2 Å². The normalized spacial score (nSPS) is 10.8. The Bertz CT molecular complexity index is 1090. The van der Waals surface area contributed by atoms with Crippen molar-refractivity contribution in [2.75, 3.05) is 18.4 Å². The summed E-state index contributed by atoms with van der Waals surface area (Å²) < 4.78 is 0. The summed E-state index contributed by atoms with van der Waals surface area (Å²) in [5, 5.41) is 14.3. The van der Waals surface area contributed by atoms with Crippen LogP contribution in [0.25, 0.3) is 10.8 Å². The second kappa shape index (κ2) is 8.31. The van der Waals surface area contributed by atoms with Crippen molar-refractivity contribution in [1.29, 1.82) is 0 Å². The summed E-state index contributed by atoms with van der Waals surface area (Å²) in [7, 11) is 0. The molecule has 2 N–H and O–H groups in total. The lowest BCUT2D eigenvalue weighted by Crippen LogP contribution is -2.30. The molecule has 3 rings (SSSR count).